The number of sulfonamides is 1. The number of benzene rings is 2. The number of hydrogen-bond donors (Lipinski definition) is 2. The number of anilines is 1. The highest BCUT2D eigenvalue weighted by Gasteiger charge is 2.21. The summed E-state index contributed by atoms with van der Waals surface area (Å²) in [6, 6.07) is 10.1. The Hall–Kier alpha value is -2.38. The highest BCUT2D eigenvalue weighted by molar-refractivity contribution is 7.90. The molecule has 2 N–H and O–H groups in total. The zero-order chi connectivity index (χ0) is 22.9. The Balaban J connectivity index is 1.44. The molecule has 3 aromatic rings. The second-order valence-corrected chi connectivity index (χ2v) is 12.2. The largest absolute Gasteiger partial charge is 0.377 e. The maximum absolute atomic E-state index is 12.6. The van der Waals surface area contributed by atoms with Gasteiger partial charge in [0.15, 0.2) is 15.0 Å². The van der Waals surface area contributed by atoms with Crippen molar-refractivity contribution in [3.8, 4) is 0 Å². The van der Waals surface area contributed by atoms with Gasteiger partial charge in [0.2, 0.25) is 10.0 Å². The van der Waals surface area contributed by atoms with Crippen LogP contribution in [0.1, 0.15) is 23.2 Å². The van der Waals surface area contributed by atoms with Crippen molar-refractivity contribution in [1.82, 2.24) is 9.71 Å². The van der Waals surface area contributed by atoms with Crippen LogP contribution in [0.5, 0.6) is 0 Å². The average Bonchev–Trinajstić information content (AvgIpc) is 3.40. The normalized spacial score (nSPS) is 17.0. The Morgan fingerprint density at radius 1 is 1.12 bits per heavy atom. The fourth-order valence-electron chi connectivity index (χ4n) is 3.24. The second-order valence-electron chi connectivity index (χ2n) is 7.39. The number of aromatic nitrogens is 1. The van der Waals surface area contributed by atoms with E-state index in [1.165, 1.54) is 36.4 Å². The van der Waals surface area contributed by atoms with Crippen LogP contribution in [-0.2, 0) is 24.6 Å². The fourth-order valence-corrected chi connectivity index (χ4v) is 5.92. The van der Waals surface area contributed by atoms with Gasteiger partial charge in [-0.05, 0) is 55.3 Å². The molecule has 4 rings (SSSR count). The lowest BCUT2D eigenvalue weighted by molar-refractivity contribution is 0.102. The molecule has 0 spiro atoms. The number of thiazole rings is 1. The molecule has 12 heteroatoms. The second kappa shape index (κ2) is 8.87. The number of fused-ring (bicyclic) bond motifs is 1. The van der Waals surface area contributed by atoms with E-state index in [4.69, 9.17) is 4.74 Å². The van der Waals surface area contributed by atoms with Gasteiger partial charge in [0.05, 0.1) is 26.1 Å². The summed E-state index contributed by atoms with van der Waals surface area (Å²) in [7, 11) is -7.05. The Morgan fingerprint density at radius 2 is 1.84 bits per heavy atom. The third-order valence-corrected chi connectivity index (χ3v) is 8.44. The predicted octanol–water partition coefficient (Wildman–Crippen LogP) is 2.41. The summed E-state index contributed by atoms with van der Waals surface area (Å²) in [6.45, 7) is 0.854. The summed E-state index contributed by atoms with van der Waals surface area (Å²) >= 11 is 1.15. The standard InChI is InChI=1S/C20H21N3O6S3/c1-31(25,26)16-8-9-17-18(11-16)30-20(22-17)23-19(24)13-4-6-15(7-5-13)32(27,28)21-12-14-3-2-10-29-14/h4-9,11,14,21H,2-3,10,12H2,1H3,(H,22,23,24)/t14-/m1/s1. The molecule has 0 aliphatic carbocycles. The molecule has 2 aromatic carbocycles. The number of carbonyl (C=O) groups excluding carboxylic acids is 1. The lowest BCUT2D eigenvalue weighted by Crippen LogP contribution is -2.31. The molecular weight excluding hydrogens is 474 g/mol. The zero-order valence-corrected chi connectivity index (χ0v) is 19.5. The molecule has 0 bridgehead atoms. The molecule has 9 nitrogen and oxygen atoms in total. The maximum Gasteiger partial charge on any atom is 0.257 e. The van der Waals surface area contributed by atoms with Crippen LogP contribution in [-0.4, -0.2) is 53.2 Å². The quantitative estimate of drug-likeness (QED) is 0.514. The lowest BCUT2D eigenvalue weighted by atomic mass is 10.2. The minimum atomic E-state index is -3.70. The van der Waals surface area contributed by atoms with Crippen molar-refractivity contribution in [2.75, 3.05) is 24.7 Å². The fraction of sp³-hybridized carbons (Fsp3) is 0.300. The van der Waals surface area contributed by atoms with Gasteiger partial charge in [0.25, 0.3) is 5.91 Å². The Kier molecular flexibility index (Phi) is 6.32. The van der Waals surface area contributed by atoms with Gasteiger partial charge >= 0.3 is 0 Å². The predicted molar refractivity (Wildman–Crippen MR) is 121 cm³/mol. The first-order chi connectivity index (χ1) is 15.1. The molecule has 1 saturated heterocycles. The summed E-state index contributed by atoms with van der Waals surface area (Å²) in [5.41, 5.74) is 0.829. The van der Waals surface area contributed by atoms with Crippen LogP contribution < -0.4 is 10.0 Å². The molecule has 0 radical (unpaired) electrons. The van der Waals surface area contributed by atoms with Gasteiger partial charge in [-0.25, -0.2) is 26.5 Å². The number of sulfone groups is 1. The first-order valence-corrected chi connectivity index (χ1v) is 13.9. The van der Waals surface area contributed by atoms with Crippen molar-refractivity contribution < 1.29 is 26.4 Å². The summed E-state index contributed by atoms with van der Waals surface area (Å²) in [5, 5.41) is 2.97. The van der Waals surface area contributed by atoms with Gasteiger partial charge in [-0.2, -0.15) is 0 Å². The van der Waals surface area contributed by atoms with Gasteiger partial charge in [0.1, 0.15) is 0 Å². The number of nitrogens with one attached hydrogen (secondary N) is 2. The van der Waals surface area contributed by atoms with E-state index in [0.717, 1.165) is 30.4 Å². The molecule has 1 aliphatic heterocycles. The molecule has 1 fully saturated rings. The Morgan fingerprint density at radius 3 is 2.50 bits per heavy atom. The first-order valence-electron chi connectivity index (χ1n) is 9.75. The smallest absolute Gasteiger partial charge is 0.257 e. The number of amides is 1. The zero-order valence-electron chi connectivity index (χ0n) is 17.1. The highest BCUT2D eigenvalue weighted by Crippen LogP contribution is 2.28. The minimum absolute atomic E-state index is 0.0559. The molecule has 32 heavy (non-hydrogen) atoms. The summed E-state index contributed by atoms with van der Waals surface area (Å²) < 4.78 is 56.9. The molecule has 1 atom stereocenters. The van der Waals surface area contributed by atoms with E-state index in [0.29, 0.717) is 22.0 Å². The van der Waals surface area contributed by atoms with Crippen molar-refractivity contribution in [2.24, 2.45) is 0 Å². The molecule has 0 saturated carbocycles. The van der Waals surface area contributed by atoms with Gasteiger partial charge in [-0.1, -0.05) is 11.3 Å². The van der Waals surface area contributed by atoms with Crippen LogP contribution in [0.15, 0.2) is 52.3 Å². The van der Waals surface area contributed by atoms with Crippen molar-refractivity contribution in [1.29, 1.82) is 0 Å². The van der Waals surface area contributed by atoms with E-state index in [-0.39, 0.29) is 28.0 Å². The van der Waals surface area contributed by atoms with Gasteiger partial charge < -0.3 is 4.74 Å². The molecule has 170 valence electrons. The van der Waals surface area contributed by atoms with Gasteiger partial charge in [-0.15, -0.1) is 0 Å². The van der Waals surface area contributed by atoms with E-state index in [1.54, 1.807) is 6.07 Å². The van der Waals surface area contributed by atoms with Crippen molar-refractivity contribution in [3.63, 3.8) is 0 Å². The van der Waals surface area contributed by atoms with Crippen molar-refractivity contribution in [2.45, 2.75) is 28.7 Å². The van der Waals surface area contributed by atoms with Crippen molar-refractivity contribution >= 4 is 52.5 Å². The lowest BCUT2D eigenvalue weighted by Gasteiger charge is -2.11. The maximum atomic E-state index is 12.6. The Bertz CT molecular complexity index is 1360. The number of carbonyl (C=O) groups is 1. The van der Waals surface area contributed by atoms with E-state index in [9.17, 15) is 21.6 Å². The topological polar surface area (TPSA) is 132 Å². The molecule has 2 heterocycles. The molecule has 0 unspecified atom stereocenters. The van der Waals surface area contributed by atoms with Crippen LogP contribution >= 0.6 is 11.3 Å². The number of hydrogen-bond acceptors (Lipinski definition) is 8. The molecule has 1 aromatic heterocycles. The third-order valence-electron chi connectivity index (χ3n) is 4.96. The number of nitrogens with zero attached hydrogens (tertiary/aromatic N) is 1. The monoisotopic (exact) mass is 495 g/mol. The molecule has 1 aliphatic rings. The third kappa shape index (κ3) is 5.15. The number of rotatable bonds is 7. The highest BCUT2D eigenvalue weighted by atomic mass is 32.2. The van der Waals surface area contributed by atoms with Crippen LogP contribution in [0.3, 0.4) is 0 Å². The van der Waals surface area contributed by atoms with Crippen LogP contribution in [0.25, 0.3) is 10.2 Å². The first kappa shape index (κ1) is 22.8. The minimum Gasteiger partial charge on any atom is -0.377 e. The van der Waals surface area contributed by atoms with E-state index >= 15 is 0 Å². The summed E-state index contributed by atoms with van der Waals surface area (Å²) in [5.74, 6) is -0.455. The summed E-state index contributed by atoms with van der Waals surface area (Å²) in [4.78, 5) is 17.1. The van der Waals surface area contributed by atoms with E-state index < -0.39 is 25.8 Å². The average molecular weight is 496 g/mol. The van der Waals surface area contributed by atoms with Crippen LogP contribution in [0.4, 0.5) is 5.13 Å². The van der Waals surface area contributed by atoms with E-state index in [1.807, 2.05) is 0 Å². The van der Waals surface area contributed by atoms with Crippen LogP contribution in [0.2, 0.25) is 0 Å². The molecular formula is C20H21N3O6S3. The van der Waals surface area contributed by atoms with Crippen LogP contribution in [0, 0.1) is 0 Å². The van der Waals surface area contributed by atoms with E-state index in [2.05, 4.69) is 15.0 Å². The van der Waals surface area contributed by atoms with Gasteiger partial charge in [0, 0.05) is 25.0 Å². The number of ether oxygens (including phenoxy) is 1. The molecule has 1 amide bonds. The van der Waals surface area contributed by atoms with Crippen molar-refractivity contribution in [3.05, 3.63) is 48.0 Å². The van der Waals surface area contributed by atoms with Gasteiger partial charge in [-0.3, -0.25) is 10.1 Å². The SMILES string of the molecule is CS(=O)(=O)c1ccc2nc(NC(=O)c3ccc(S(=O)(=O)NC[C@H]4CCCO4)cc3)sc2c1. The summed E-state index contributed by atoms with van der Waals surface area (Å²) in [6.07, 6.45) is 2.75. The Labute approximate surface area is 189 Å².